The summed E-state index contributed by atoms with van der Waals surface area (Å²) in [6.45, 7) is 8.83. The summed E-state index contributed by atoms with van der Waals surface area (Å²) in [7, 11) is 0. The molecule has 0 aliphatic rings. The van der Waals surface area contributed by atoms with Crippen LogP contribution in [-0.2, 0) is 5.54 Å². The van der Waals surface area contributed by atoms with Gasteiger partial charge in [-0.3, -0.25) is 4.68 Å². The number of nitrogens with two attached hydrogens (primary N) is 1. The minimum Gasteiger partial charge on any atom is -0.328 e. The zero-order valence-electron chi connectivity index (χ0n) is 8.26. The average molecular weight is 167 g/mol. The Morgan fingerprint density at radius 3 is 2.42 bits per heavy atom. The number of nitrogens with zero attached hydrogens (tertiary/aromatic N) is 2. The Labute approximate surface area is 73.6 Å². The lowest BCUT2D eigenvalue weighted by atomic mass is 10.1. The lowest BCUT2D eigenvalue weighted by Gasteiger charge is -2.24. The Hall–Kier alpha value is -0.830. The van der Waals surface area contributed by atoms with Crippen LogP contribution >= 0.6 is 0 Å². The molecule has 0 saturated carbocycles. The van der Waals surface area contributed by atoms with E-state index in [2.05, 4.69) is 31.9 Å². The molecule has 68 valence electrons. The van der Waals surface area contributed by atoms with Crippen molar-refractivity contribution >= 4 is 0 Å². The zero-order chi connectivity index (χ0) is 9.35. The van der Waals surface area contributed by atoms with Crippen LogP contribution in [0.25, 0.3) is 0 Å². The fourth-order valence-electron chi connectivity index (χ4n) is 1.33. The fourth-order valence-corrected chi connectivity index (χ4v) is 1.33. The van der Waals surface area contributed by atoms with Gasteiger partial charge in [0.25, 0.3) is 0 Å². The molecule has 0 spiro atoms. The van der Waals surface area contributed by atoms with Crippen LogP contribution in [0.2, 0.25) is 0 Å². The number of hydrogen-bond acceptors (Lipinski definition) is 2. The molecule has 2 N–H and O–H groups in total. The van der Waals surface area contributed by atoms with Crippen molar-refractivity contribution in [3.63, 3.8) is 0 Å². The molecule has 0 saturated heterocycles. The maximum atomic E-state index is 5.66. The molecule has 0 aliphatic carbocycles. The Morgan fingerprint density at radius 1 is 1.50 bits per heavy atom. The van der Waals surface area contributed by atoms with E-state index < -0.39 is 0 Å². The monoisotopic (exact) mass is 167 g/mol. The normalized spacial score (nSPS) is 12.1. The molecule has 0 radical (unpaired) electrons. The van der Waals surface area contributed by atoms with Crippen LogP contribution in [-0.4, -0.2) is 16.3 Å². The van der Waals surface area contributed by atoms with Crippen molar-refractivity contribution in [2.45, 2.75) is 33.2 Å². The van der Waals surface area contributed by atoms with Gasteiger partial charge in [0.15, 0.2) is 0 Å². The van der Waals surface area contributed by atoms with Gasteiger partial charge in [0, 0.05) is 12.2 Å². The second-order valence-corrected chi connectivity index (χ2v) is 3.86. The highest BCUT2D eigenvalue weighted by Crippen LogP contribution is 2.15. The van der Waals surface area contributed by atoms with E-state index in [1.165, 1.54) is 5.69 Å². The van der Waals surface area contributed by atoms with Crippen LogP contribution < -0.4 is 5.73 Å². The van der Waals surface area contributed by atoms with E-state index in [9.17, 15) is 0 Å². The molecule has 3 nitrogen and oxygen atoms in total. The summed E-state index contributed by atoms with van der Waals surface area (Å²) < 4.78 is 1.99. The first-order valence-electron chi connectivity index (χ1n) is 4.21. The lowest BCUT2D eigenvalue weighted by Crippen LogP contribution is -2.36. The Kier molecular flexibility index (Phi) is 2.24. The Bertz CT molecular complexity index is 273. The van der Waals surface area contributed by atoms with Gasteiger partial charge in [0.05, 0.1) is 11.2 Å². The summed E-state index contributed by atoms with van der Waals surface area (Å²) in [5.41, 5.74) is 7.80. The highest BCUT2D eigenvalue weighted by molar-refractivity contribution is 5.09. The SMILES string of the molecule is Cc1cc(C)n(C(C)(C)CN)n1. The first-order chi connectivity index (χ1) is 5.47. The number of aryl methyl sites for hydroxylation is 2. The fraction of sp³-hybridized carbons (Fsp3) is 0.667. The standard InChI is InChI=1S/C9H17N3/c1-7-5-8(2)12(11-7)9(3,4)6-10/h5H,6,10H2,1-4H3. The van der Waals surface area contributed by atoms with Gasteiger partial charge in [-0.1, -0.05) is 0 Å². The molecule has 1 rings (SSSR count). The molecular formula is C9H17N3. The second kappa shape index (κ2) is 2.90. The molecule has 12 heavy (non-hydrogen) atoms. The second-order valence-electron chi connectivity index (χ2n) is 3.86. The van der Waals surface area contributed by atoms with E-state index in [0.717, 1.165) is 5.69 Å². The highest BCUT2D eigenvalue weighted by Gasteiger charge is 2.20. The third-order valence-corrected chi connectivity index (χ3v) is 2.08. The molecule has 1 aromatic heterocycles. The van der Waals surface area contributed by atoms with Gasteiger partial charge in [0.2, 0.25) is 0 Å². The molecule has 0 bridgehead atoms. The van der Waals surface area contributed by atoms with Crippen LogP contribution in [0.5, 0.6) is 0 Å². The zero-order valence-corrected chi connectivity index (χ0v) is 8.26. The van der Waals surface area contributed by atoms with Gasteiger partial charge in [0.1, 0.15) is 0 Å². The van der Waals surface area contributed by atoms with E-state index in [1.807, 2.05) is 11.6 Å². The van der Waals surface area contributed by atoms with Gasteiger partial charge in [-0.2, -0.15) is 5.10 Å². The Balaban J connectivity index is 3.09. The third kappa shape index (κ3) is 1.50. The quantitative estimate of drug-likeness (QED) is 0.719. The molecule has 0 fully saturated rings. The van der Waals surface area contributed by atoms with Gasteiger partial charge in [-0.25, -0.2) is 0 Å². The number of rotatable bonds is 2. The van der Waals surface area contributed by atoms with E-state index in [4.69, 9.17) is 5.73 Å². The van der Waals surface area contributed by atoms with Crippen molar-refractivity contribution < 1.29 is 0 Å². The van der Waals surface area contributed by atoms with Crippen molar-refractivity contribution in [3.8, 4) is 0 Å². The predicted molar refractivity (Wildman–Crippen MR) is 50.1 cm³/mol. The molecule has 3 heteroatoms. The summed E-state index contributed by atoms with van der Waals surface area (Å²) in [6.07, 6.45) is 0. The number of hydrogen-bond donors (Lipinski definition) is 1. The summed E-state index contributed by atoms with van der Waals surface area (Å²) in [6, 6.07) is 2.07. The smallest absolute Gasteiger partial charge is 0.0696 e. The van der Waals surface area contributed by atoms with Crippen LogP contribution in [0.4, 0.5) is 0 Å². The van der Waals surface area contributed by atoms with Crippen molar-refractivity contribution in [2.24, 2.45) is 5.73 Å². The van der Waals surface area contributed by atoms with Gasteiger partial charge in [-0.05, 0) is 33.8 Å². The third-order valence-electron chi connectivity index (χ3n) is 2.08. The van der Waals surface area contributed by atoms with Crippen LogP contribution in [0.1, 0.15) is 25.2 Å². The van der Waals surface area contributed by atoms with Crippen molar-refractivity contribution in [1.29, 1.82) is 0 Å². The Morgan fingerprint density at radius 2 is 2.08 bits per heavy atom. The largest absolute Gasteiger partial charge is 0.328 e. The van der Waals surface area contributed by atoms with Gasteiger partial charge < -0.3 is 5.73 Å². The molecule has 0 aliphatic heterocycles. The summed E-state index contributed by atoms with van der Waals surface area (Å²) in [5, 5.41) is 4.39. The molecule has 0 amide bonds. The molecule has 1 aromatic rings. The first kappa shape index (κ1) is 9.26. The van der Waals surface area contributed by atoms with E-state index >= 15 is 0 Å². The summed E-state index contributed by atoms with van der Waals surface area (Å²) in [4.78, 5) is 0. The van der Waals surface area contributed by atoms with Gasteiger partial charge >= 0.3 is 0 Å². The van der Waals surface area contributed by atoms with E-state index in [0.29, 0.717) is 6.54 Å². The molecule has 1 heterocycles. The maximum absolute atomic E-state index is 5.66. The number of aromatic nitrogens is 2. The van der Waals surface area contributed by atoms with E-state index in [1.54, 1.807) is 0 Å². The predicted octanol–water partition coefficient (Wildman–Crippen LogP) is 1.19. The van der Waals surface area contributed by atoms with Crippen LogP contribution in [0.3, 0.4) is 0 Å². The van der Waals surface area contributed by atoms with Crippen molar-refractivity contribution in [2.75, 3.05) is 6.54 Å². The van der Waals surface area contributed by atoms with Crippen molar-refractivity contribution in [1.82, 2.24) is 9.78 Å². The topological polar surface area (TPSA) is 43.8 Å². The average Bonchev–Trinajstić information content (AvgIpc) is 2.31. The highest BCUT2D eigenvalue weighted by atomic mass is 15.3. The molecule has 0 unspecified atom stereocenters. The first-order valence-corrected chi connectivity index (χ1v) is 4.21. The van der Waals surface area contributed by atoms with E-state index in [-0.39, 0.29) is 5.54 Å². The molecular weight excluding hydrogens is 150 g/mol. The van der Waals surface area contributed by atoms with Crippen molar-refractivity contribution in [3.05, 3.63) is 17.5 Å². The van der Waals surface area contributed by atoms with Crippen LogP contribution in [0, 0.1) is 13.8 Å². The minimum atomic E-state index is -0.0711. The van der Waals surface area contributed by atoms with Gasteiger partial charge in [-0.15, -0.1) is 0 Å². The van der Waals surface area contributed by atoms with Crippen LogP contribution in [0.15, 0.2) is 6.07 Å². The summed E-state index contributed by atoms with van der Waals surface area (Å²) >= 11 is 0. The maximum Gasteiger partial charge on any atom is 0.0696 e. The molecule has 0 atom stereocenters. The summed E-state index contributed by atoms with van der Waals surface area (Å²) in [5.74, 6) is 0. The molecule has 0 aromatic carbocycles. The minimum absolute atomic E-state index is 0.0711. The lowest BCUT2D eigenvalue weighted by molar-refractivity contribution is 0.322.